The van der Waals surface area contributed by atoms with Crippen LogP contribution in [0.5, 0.6) is 5.75 Å². The molecule has 2 amide bonds. The van der Waals surface area contributed by atoms with E-state index >= 15 is 0 Å². The molecule has 136 valence electrons. The lowest BCUT2D eigenvalue weighted by molar-refractivity contribution is -0.129. The minimum atomic E-state index is -0.283. The van der Waals surface area contributed by atoms with Crippen LogP contribution < -0.4 is 10.1 Å². The smallest absolute Gasteiger partial charge is 0.225 e. The summed E-state index contributed by atoms with van der Waals surface area (Å²) in [5.74, 6) is 0.487. The predicted octanol–water partition coefficient (Wildman–Crippen LogP) is 1.73. The zero-order valence-electron chi connectivity index (χ0n) is 14.9. The first-order chi connectivity index (χ1) is 12.1. The summed E-state index contributed by atoms with van der Waals surface area (Å²) in [5, 5.41) is 3.02. The third kappa shape index (κ3) is 4.31. The number of hydrogen-bond donors (Lipinski definition) is 1. The van der Waals surface area contributed by atoms with Gasteiger partial charge in [-0.15, -0.1) is 0 Å². The van der Waals surface area contributed by atoms with Gasteiger partial charge in [-0.25, -0.2) is 0 Å². The highest BCUT2D eigenvalue weighted by Gasteiger charge is 2.35. The van der Waals surface area contributed by atoms with Gasteiger partial charge >= 0.3 is 0 Å². The van der Waals surface area contributed by atoms with E-state index in [4.69, 9.17) is 9.47 Å². The molecule has 1 aromatic carbocycles. The van der Waals surface area contributed by atoms with Crippen LogP contribution in [0.1, 0.15) is 31.7 Å². The van der Waals surface area contributed by atoms with Gasteiger partial charge in [0.05, 0.1) is 25.2 Å². The Morgan fingerprint density at radius 2 is 2.16 bits per heavy atom. The number of benzene rings is 1. The molecule has 6 nitrogen and oxygen atoms in total. The average Bonchev–Trinajstić information content (AvgIpc) is 3.26. The molecule has 2 heterocycles. The van der Waals surface area contributed by atoms with E-state index < -0.39 is 0 Å². The number of amides is 2. The van der Waals surface area contributed by atoms with Crippen LogP contribution in [0.15, 0.2) is 24.3 Å². The first kappa shape index (κ1) is 17.7. The third-order valence-electron chi connectivity index (χ3n) is 5.01. The van der Waals surface area contributed by atoms with Crippen molar-refractivity contribution in [2.24, 2.45) is 5.92 Å². The normalized spacial score (nSPS) is 24.4. The fourth-order valence-corrected chi connectivity index (χ4v) is 3.48. The summed E-state index contributed by atoms with van der Waals surface area (Å²) in [7, 11) is 1.62. The second-order valence-electron chi connectivity index (χ2n) is 6.87. The molecule has 3 atom stereocenters. The average molecular weight is 346 g/mol. The van der Waals surface area contributed by atoms with Crippen LogP contribution in [0.3, 0.4) is 0 Å². The lowest BCUT2D eigenvalue weighted by Gasteiger charge is -2.22. The van der Waals surface area contributed by atoms with Gasteiger partial charge in [-0.1, -0.05) is 12.1 Å². The number of rotatable bonds is 6. The highest BCUT2D eigenvalue weighted by Crippen LogP contribution is 2.22. The number of nitrogens with zero attached hydrogens (tertiary/aromatic N) is 1. The SMILES string of the molecule is COc1ccc(CN2C[C@H](C(=O)N[C@H](C)[C@H]3CCCO3)CC2=O)cc1. The van der Waals surface area contributed by atoms with E-state index in [9.17, 15) is 9.59 Å². The molecule has 2 saturated heterocycles. The highest BCUT2D eigenvalue weighted by molar-refractivity contribution is 5.89. The largest absolute Gasteiger partial charge is 0.497 e. The number of carbonyl (C=O) groups excluding carboxylic acids is 2. The van der Waals surface area contributed by atoms with Gasteiger partial charge in [-0.05, 0) is 37.5 Å². The maximum Gasteiger partial charge on any atom is 0.225 e. The summed E-state index contributed by atoms with van der Waals surface area (Å²) in [6.45, 7) is 3.73. The zero-order valence-corrected chi connectivity index (χ0v) is 14.9. The molecule has 6 heteroatoms. The number of carbonyl (C=O) groups is 2. The van der Waals surface area contributed by atoms with E-state index in [2.05, 4.69) is 5.32 Å². The summed E-state index contributed by atoms with van der Waals surface area (Å²) in [6, 6.07) is 7.63. The Hall–Kier alpha value is -2.08. The highest BCUT2D eigenvalue weighted by atomic mass is 16.5. The lowest BCUT2D eigenvalue weighted by Crippen LogP contribution is -2.44. The predicted molar refractivity (Wildman–Crippen MR) is 93.1 cm³/mol. The van der Waals surface area contributed by atoms with E-state index in [0.29, 0.717) is 13.1 Å². The van der Waals surface area contributed by atoms with Gasteiger partial charge in [0, 0.05) is 26.1 Å². The molecule has 1 aromatic rings. The number of ether oxygens (including phenoxy) is 2. The first-order valence-corrected chi connectivity index (χ1v) is 8.89. The van der Waals surface area contributed by atoms with Gasteiger partial charge in [-0.3, -0.25) is 9.59 Å². The van der Waals surface area contributed by atoms with Crippen molar-refractivity contribution in [3.8, 4) is 5.75 Å². The fraction of sp³-hybridized carbons (Fsp3) is 0.579. The summed E-state index contributed by atoms with van der Waals surface area (Å²) in [4.78, 5) is 26.5. The van der Waals surface area contributed by atoms with Gasteiger partial charge < -0.3 is 19.7 Å². The molecular weight excluding hydrogens is 320 g/mol. The summed E-state index contributed by atoms with van der Waals surface area (Å²) < 4.78 is 10.8. The van der Waals surface area contributed by atoms with E-state index in [-0.39, 0.29) is 36.3 Å². The summed E-state index contributed by atoms with van der Waals surface area (Å²) >= 11 is 0. The third-order valence-corrected chi connectivity index (χ3v) is 5.01. The number of likely N-dealkylation sites (tertiary alicyclic amines) is 1. The van der Waals surface area contributed by atoms with Crippen LogP contribution >= 0.6 is 0 Å². The molecule has 2 fully saturated rings. The Kier molecular flexibility index (Phi) is 5.58. The molecule has 0 radical (unpaired) electrons. The maximum atomic E-state index is 12.5. The quantitative estimate of drug-likeness (QED) is 0.852. The van der Waals surface area contributed by atoms with Gasteiger partial charge in [-0.2, -0.15) is 0 Å². The molecule has 0 unspecified atom stereocenters. The molecular formula is C19H26N2O4. The standard InChI is InChI=1S/C19H26N2O4/c1-13(17-4-3-9-25-17)20-19(23)15-10-18(22)21(12-15)11-14-5-7-16(24-2)8-6-14/h5-8,13,15,17H,3-4,9-12H2,1-2H3,(H,20,23)/t13-,15-,17-/m1/s1. The van der Waals surface area contributed by atoms with Crippen molar-refractivity contribution in [2.75, 3.05) is 20.3 Å². The van der Waals surface area contributed by atoms with Crippen LogP contribution in [0, 0.1) is 5.92 Å². The van der Waals surface area contributed by atoms with Crippen LogP contribution in [0.25, 0.3) is 0 Å². The van der Waals surface area contributed by atoms with Crippen LogP contribution in [0.4, 0.5) is 0 Å². The first-order valence-electron chi connectivity index (χ1n) is 8.89. The Labute approximate surface area is 148 Å². The Morgan fingerprint density at radius 1 is 1.40 bits per heavy atom. The van der Waals surface area contributed by atoms with Gasteiger partial charge in [0.2, 0.25) is 11.8 Å². The van der Waals surface area contributed by atoms with E-state index in [1.54, 1.807) is 12.0 Å². The van der Waals surface area contributed by atoms with Crippen molar-refractivity contribution in [1.29, 1.82) is 0 Å². The van der Waals surface area contributed by atoms with Crippen molar-refractivity contribution in [3.05, 3.63) is 29.8 Å². The van der Waals surface area contributed by atoms with E-state index in [1.807, 2.05) is 31.2 Å². The Bertz CT molecular complexity index is 610. The zero-order chi connectivity index (χ0) is 17.8. The molecule has 1 N–H and O–H groups in total. The number of hydrogen-bond acceptors (Lipinski definition) is 4. The van der Waals surface area contributed by atoms with Crippen molar-refractivity contribution in [1.82, 2.24) is 10.2 Å². The second kappa shape index (κ2) is 7.87. The Morgan fingerprint density at radius 3 is 2.80 bits per heavy atom. The monoisotopic (exact) mass is 346 g/mol. The van der Waals surface area contributed by atoms with Crippen molar-refractivity contribution in [2.45, 2.75) is 44.9 Å². The molecule has 0 aliphatic carbocycles. The van der Waals surface area contributed by atoms with Crippen LogP contribution in [-0.4, -0.2) is 49.1 Å². The van der Waals surface area contributed by atoms with Gasteiger partial charge in [0.15, 0.2) is 0 Å². The topological polar surface area (TPSA) is 67.9 Å². The minimum absolute atomic E-state index is 0.0132. The molecule has 25 heavy (non-hydrogen) atoms. The maximum absolute atomic E-state index is 12.5. The fourth-order valence-electron chi connectivity index (χ4n) is 3.48. The molecule has 2 aliphatic rings. The van der Waals surface area contributed by atoms with E-state index in [1.165, 1.54) is 0 Å². The Balaban J connectivity index is 1.53. The van der Waals surface area contributed by atoms with Gasteiger partial charge in [0.25, 0.3) is 0 Å². The van der Waals surface area contributed by atoms with Crippen molar-refractivity contribution in [3.63, 3.8) is 0 Å². The second-order valence-corrected chi connectivity index (χ2v) is 6.87. The van der Waals surface area contributed by atoms with Crippen molar-refractivity contribution >= 4 is 11.8 Å². The molecule has 0 aromatic heterocycles. The summed E-state index contributed by atoms with van der Waals surface area (Å²) in [6.07, 6.45) is 2.40. The molecule has 0 spiro atoms. The summed E-state index contributed by atoms with van der Waals surface area (Å²) in [5.41, 5.74) is 1.03. The number of nitrogens with one attached hydrogen (secondary N) is 1. The van der Waals surface area contributed by atoms with Crippen molar-refractivity contribution < 1.29 is 19.1 Å². The molecule has 0 saturated carbocycles. The van der Waals surface area contributed by atoms with Crippen LogP contribution in [-0.2, 0) is 20.9 Å². The molecule has 2 aliphatic heterocycles. The van der Waals surface area contributed by atoms with Crippen LogP contribution in [0.2, 0.25) is 0 Å². The van der Waals surface area contributed by atoms with E-state index in [0.717, 1.165) is 30.8 Å². The number of methoxy groups -OCH3 is 1. The lowest BCUT2D eigenvalue weighted by atomic mass is 10.1. The molecule has 3 rings (SSSR count). The minimum Gasteiger partial charge on any atom is -0.497 e. The van der Waals surface area contributed by atoms with Gasteiger partial charge in [0.1, 0.15) is 5.75 Å². The molecule has 0 bridgehead atoms.